The van der Waals surface area contributed by atoms with Crippen molar-refractivity contribution in [3.05, 3.63) is 48.0 Å². The van der Waals surface area contributed by atoms with Gasteiger partial charge in [0.15, 0.2) is 0 Å². The zero-order chi connectivity index (χ0) is 11.0. The molecule has 0 unspecified atom stereocenters. The van der Waals surface area contributed by atoms with Crippen LogP contribution in [0.2, 0.25) is 0 Å². The highest BCUT2D eigenvalue weighted by molar-refractivity contribution is 5.78. The summed E-state index contributed by atoms with van der Waals surface area (Å²) in [6.07, 6.45) is 3.70. The summed E-state index contributed by atoms with van der Waals surface area (Å²) in [6, 6.07) is 8.06. The number of para-hydroxylation sites is 1. The van der Waals surface area contributed by atoms with Crippen molar-refractivity contribution >= 4 is 11.0 Å². The second-order valence-electron chi connectivity index (χ2n) is 3.86. The number of H-pyrrole nitrogens is 1. The van der Waals surface area contributed by atoms with E-state index in [1.807, 2.05) is 29.1 Å². The van der Waals surface area contributed by atoms with Gasteiger partial charge in [0.1, 0.15) is 5.82 Å². The van der Waals surface area contributed by atoms with Crippen molar-refractivity contribution in [1.29, 1.82) is 0 Å². The molecule has 0 atom stereocenters. The predicted octanol–water partition coefficient (Wildman–Crippen LogP) is 2.12. The van der Waals surface area contributed by atoms with E-state index >= 15 is 0 Å². The van der Waals surface area contributed by atoms with Gasteiger partial charge in [-0.25, -0.2) is 4.98 Å². The predicted molar refractivity (Wildman–Crippen MR) is 62.2 cm³/mol. The van der Waals surface area contributed by atoms with Crippen molar-refractivity contribution in [3.8, 4) is 0 Å². The van der Waals surface area contributed by atoms with Crippen LogP contribution in [0.5, 0.6) is 0 Å². The molecule has 3 rings (SSSR count). The van der Waals surface area contributed by atoms with Crippen LogP contribution in [0, 0.1) is 6.92 Å². The lowest BCUT2D eigenvalue weighted by Gasteiger charge is -1.95. The molecule has 1 N–H and O–H groups in total. The van der Waals surface area contributed by atoms with E-state index in [1.54, 1.807) is 6.20 Å². The van der Waals surface area contributed by atoms with Gasteiger partial charge in [0.25, 0.3) is 0 Å². The first-order chi connectivity index (χ1) is 7.83. The van der Waals surface area contributed by atoms with E-state index in [1.165, 1.54) is 5.56 Å². The second kappa shape index (κ2) is 3.48. The normalized spacial score (nSPS) is 11.1. The van der Waals surface area contributed by atoms with Crippen molar-refractivity contribution in [3.63, 3.8) is 0 Å². The molecule has 16 heavy (non-hydrogen) atoms. The van der Waals surface area contributed by atoms with Crippen LogP contribution in [0.4, 0.5) is 0 Å². The van der Waals surface area contributed by atoms with Crippen molar-refractivity contribution in [2.75, 3.05) is 0 Å². The number of rotatable bonds is 2. The van der Waals surface area contributed by atoms with Gasteiger partial charge in [-0.2, -0.15) is 5.10 Å². The molecule has 0 aliphatic heterocycles. The number of imidazole rings is 1. The molecule has 4 nitrogen and oxygen atoms in total. The standard InChI is InChI=1S/C12H12N4/c1-9-4-2-5-10-12(9)15-11(14-10)8-16-7-3-6-13-16/h2-7H,8H2,1H3,(H,14,15). The minimum Gasteiger partial charge on any atom is -0.340 e. The Morgan fingerprint density at radius 1 is 1.31 bits per heavy atom. The quantitative estimate of drug-likeness (QED) is 0.707. The van der Waals surface area contributed by atoms with Crippen LogP contribution in [-0.2, 0) is 6.54 Å². The first kappa shape index (κ1) is 9.15. The summed E-state index contributed by atoms with van der Waals surface area (Å²) in [6.45, 7) is 2.75. The Hall–Kier alpha value is -2.10. The number of nitrogens with one attached hydrogen (secondary N) is 1. The van der Waals surface area contributed by atoms with E-state index < -0.39 is 0 Å². The fraction of sp³-hybridized carbons (Fsp3) is 0.167. The van der Waals surface area contributed by atoms with Gasteiger partial charge in [0, 0.05) is 12.4 Å². The lowest BCUT2D eigenvalue weighted by atomic mass is 10.2. The summed E-state index contributed by atoms with van der Waals surface area (Å²) in [4.78, 5) is 7.87. The average Bonchev–Trinajstić information content (AvgIpc) is 2.88. The molecule has 3 aromatic rings. The Balaban J connectivity index is 2.02. The summed E-state index contributed by atoms with van der Waals surface area (Å²) in [7, 11) is 0. The van der Waals surface area contributed by atoms with Crippen LogP contribution in [0.3, 0.4) is 0 Å². The molecular weight excluding hydrogens is 200 g/mol. The average molecular weight is 212 g/mol. The van der Waals surface area contributed by atoms with Gasteiger partial charge < -0.3 is 4.98 Å². The van der Waals surface area contributed by atoms with Gasteiger partial charge in [-0.15, -0.1) is 0 Å². The first-order valence-corrected chi connectivity index (χ1v) is 5.24. The van der Waals surface area contributed by atoms with Gasteiger partial charge >= 0.3 is 0 Å². The minimum atomic E-state index is 0.682. The number of nitrogens with zero attached hydrogens (tertiary/aromatic N) is 3. The largest absolute Gasteiger partial charge is 0.340 e. The van der Waals surface area contributed by atoms with Crippen LogP contribution in [-0.4, -0.2) is 19.7 Å². The SMILES string of the molecule is Cc1cccc2[nH]c(Cn3cccn3)nc12. The Labute approximate surface area is 92.9 Å². The second-order valence-corrected chi connectivity index (χ2v) is 3.86. The number of hydrogen-bond donors (Lipinski definition) is 1. The molecule has 0 spiro atoms. The summed E-state index contributed by atoms with van der Waals surface area (Å²) in [5, 5.41) is 4.16. The molecule has 0 radical (unpaired) electrons. The van der Waals surface area contributed by atoms with Gasteiger partial charge in [-0.3, -0.25) is 4.68 Å². The van der Waals surface area contributed by atoms with E-state index in [9.17, 15) is 0 Å². The van der Waals surface area contributed by atoms with Crippen molar-refractivity contribution < 1.29 is 0 Å². The van der Waals surface area contributed by atoms with E-state index in [0.29, 0.717) is 6.54 Å². The first-order valence-electron chi connectivity index (χ1n) is 5.24. The monoisotopic (exact) mass is 212 g/mol. The minimum absolute atomic E-state index is 0.682. The summed E-state index contributed by atoms with van der Waals surface area (Å²) >= 11 is 0. The van der Waals surface area contributed by atoms with E-state index in [-0.39, 0.29) is 0 Å². The van der Waals surface area contributed by atoms with Crippen LogP contribution < -0.4 is 0 Å². The molecule has 0 aliphatic rings. The molecule has 2 heterocycles. The fourth-order valence-electron chi connectivity index (χ4n) is 1.85. The number of fused-ring (bicyclic) bond motifs is 1. The highest BCUT2D eigenvalue weighted by Gasteiger charge is 2.04. The third kappa shape index (κ3) is 1.48. The molecule has 2 aromatic heterocycles. The molecule has 80 valence electrons. The number of aryl methyl sites for hydroxylation is 1. The molecule has 0 saturated heterocycles. The smallest absolute Gasteiger partial charge is 0.129 e. The molecule has 0 aliphatic carbocycles. The van der Waals surface area contributed by atoms with Gasteiger partial charge in [0.2, 0.25) is 0 Å². The zero-order valence-corrected chi connectivity index (χ0v) is 9.01. The zero-order valence-electron chi connectivity index (χ0n) is 9.01. The fourth-order valence-corrected chi connectivity index (χ4v) is 1.85. The van der Waals surface area contributed by atoms with Gasteiger partial charge in [-0.1, -0.05) is 12.1 Å². The molecule has 0 bridgehead atoms. The van der Waals surface area contributed by atoms with Crippen LogP contribution in [0.25, 0.3) is 11.0 Å². The molecule has 0 fully saturated rings. The Bertz CT molecular complexity index is 607. The summed E-state index contributed by atoms with van der Waals surface area (Å²) < 4.78 is 1.85. The maximum Gasteiger partial charge on any atom is 0.129 e. The summed E-state index contributed by atoms with van der Waals surface area (Å²) in [5.74, 6) is 0.938. The lowest BCUT2D eigenvalue weighted by Crippen LogP contribution is -2.01. The third-order valence-electron chi connectivity index (χ3n) is 2.63. The molecule has 0 amide bonds. The Kier molecular flexibility index (Phi) is 1.99. The van der Waals surface area contributed by atoms with Crippen molar-refractivity contribution in [2.24, 2.45) is 0 Å². The van der Waals surface area contributed by atoms with Crippen LogP contribution in [0.1, 0.15) is 11.4 Å². The third-order valence-corrected chi connectivity index (χ3v) is 2.63. The van der Waals surface area contributed by atoms with E-state index in [0.717, 1.165) is 16.9 Å². The maximum atomic E-state index is 4.57. The number of hydrogen-bond acceptors (Lipinski definition) is 2. The lowest BCUT2D eigenvalue weighted by molar-refractivity contribution is 0.663. The highest BCUT2D eigenvalue weighted by atomic mass is 15.3. The number of benzene rings is 1. The van der Waals surface area contributed by atoms with E-state index in [4.69, 9.17) is 0 Å². The molecule has 1 aromatic carbocycles. The van der Waals surface area contributed by atoms with Crippen molar-refractivity contribution in [1.82, 2.24) is 19.7 Å². The number of aromatic amines is 1. The van der Waals surface area contributed by atoms with Crippen LogP contribution in [0.15, 0.2) is 36.7 Å². The van der Waals surface area contributed by atoms with Crippen LogP contribution >= 0.6 is 0 Å². The number of aromatic nitrogens is 4. The molecule has 4 heteroatoms. The molecular formula is C12H12N4. The van der Waals surface area contributed by atoms with Gasteiger partial charge in [-0.05, 0) is 24.6 Å². The Morgan fingerprint density at radius 2 is 2.25 bits per heavy atom. The highest BCUT2D eigenvalue weighted by Crippen LogP contribution is 2.15. The van der Waals surface area contributed by atoms with Gasteiger partial charge in [0.05, 0.1) is 17.6 Å². The Morgan fingerprint density at radius 3 is 3.00 bits per heavy atom. The topological polar surface area (TPSA) is 46.5 Å². The van der Waals surface area contributed by atoms with E-state index in [2.05, 4.69) is 28.1 Å². The maximum absolute atomic E-state index is 4.57. The van der Waals surface area contributed by atoms with Crippen molar-refractivity contribution in [2.45, 2.75) is 13.5 Å². The molecule has 0 saturated carbocycles. The summed E-state index contributed by atoms with van der Waals surface area (Å²) in [5.41, 5.74) is 3.33.